The summed E-state index contributed by atoms with van der Waals surface area (Å²) in [5.41, 5.74) is 0.905. The third kappa shape index (κ3) is 2.88. The quantitative estimate of drug-likeness (QED) is 0.842. The van der Waals surface area contributed by atoms with Crippen molar-refractivity contribution in [3.05, 3.63) is 23.9 Å². The molecule has 21 heavy (non-hydrogen) atoms. The van der Waals surface area contributed by atoms with Gasteiger partial charge in [-0.1, -0.05) is 0 Å². The number of pyridine rings is 1. The number of nitrogens with zero attached hydrogens (tertiary/aromatic N) is 2. The molecule has 5 nitrogen and oxygen atoms in total. The summed E-state index contributed by atoms with van der Waals surface area (Å²) in [6.07, 6.45) is 6.66. The molecule has 2 aliphatic rings. The molecule has 0 aliphatic carbocycles. The molecular formula is C16H23N3O2. The van der Waals surface area contributed by atoms with Gasteiger partial charge in [-0.2, -0.15) is 0 Å². The van der Waals surface area contributed by atoms with E-state index in [4.69, 9.17) is 4.74 Å². The number of carbonyl (C=O) groups excluding carboxylic acids is 1. The highest BCUT2D eigenvalue weighted by Crippen LogP contribution is 2.37. The molecule has 3 rings (SSSR count). The van der Waals surface area contributed by atoms with Gasteiger partial charge in [0, 0.05) is 31.2 Å². The van der Waals surface area contributed by atoms with E-state index in [1.807, 2.05) is 0 Å². The fourth-order valence-electron chi connectivity index (χ4n) is 3.69. The Labute approximate surface area is 125 Å². The lowest BCUT2D eigenvalue weighted by atomic mass is 9.74. The Morgan fingerprint density at radius 3 is 3.05 bits per heavy atom. The van der Waals surface area contributed by atoms with Crippen molar-refractivity contribution in [3.63, 3.8) is 0 Å². The molecule has 1 atom stereocenters. The molecule has 2 fully saturated rings. The van der Waals surface area contributed by atoms with Gasteiger partial charge in [-0.3, -0.25) is 0 Å². The topological polar surface area (TPSA) is 54.5 Å². The first kappa shape index (κ1) is 14.3. The molecule has 1 aromatic rings. The molecule has 3 heterocycles. The van der Waals surface area contributed by atoms with Gasteiger partial charge in [0.05, 0.1) is 7.11 Å². The first-order valence-corrected chi connectivity index (χ1v) is 7.73. The lowest BCUT2D eigenvalue weighted by Crippen LogP contribution is -2.51. The molecule has 0 bridgehead atoms. The Hall–Kier alpha value is -1.62. The highest BCUT2D eigenvalue weighted by atomic mass is 16.5. The van der Waals surface area contributed by atoms with Crippen LogP contribution in [-0.4, -0.2) is 44.2 Å². The van der Waals surface area contributed by atoms with Crippen molar-refractivity contribution in [1.29, 1.82) is 0 Å². The smallest absolute Gasteiger partial charge is 0.341 e. The molecule has 0 amide bonds. The third-order valence-corrected chi connectivity index (χ3v) is 4.71. The summed E-state index contributed by atoms with van der Waals surface area (Å²) < 4.78 is 4.89. The summed E-state index contributed by atoms with van der Waals surface area (Å²) in [6, 6.07) is 3.59. The Morgan fingerprint density at radius 2 is 2.29 bits per heavy atom. The van der Waals surface area contributed by atoms with E-state index in [9.17, 15) is 4.79 Å². The second kappa shape index (κ2) is 6.02. The van der Waals surface area contributed by atoms with Crippen molar-refractivity contribution in [2.24, 2.45) is 5.41 Å². The Kier molecular flexibility index (Phi) is 4.10. The van der Waals surface area contributed by atoms with E-state index in [1.165, 1.54) is 26.4 Å². The predicted octanol–water partition coefficient (Wildman–Crippen LogP) is 1.84. The summed E-state index contributed by atoms with van der Waals surface area (Å²) in [5, 5.41) is 3.53. The van der Waals surface area contributed by atoms with Crippen molar-refractivity contribution in [1.82, 2.24) is 10.3 Å². The third-order valence-electron chi connectivity index (χ3n) is 4.71. The Bertz CT molecular complexity index is 506. The summed E-state index contributed by atoms with van der Waals surface area (Å²) in [4.78, 5) is 18.7. The Morgan fingerprint density at radius 1 is 1.43 bits per heavy atom. The average Bonchev–Trinajstić information content (AvgIpc) is 2.55. The fourth-order valence-corrected chi connectivity index (χ4v) is 3.69. The van der Waals surface area contributed by atoms with Gasteiger partial charge in [-0.15, -0.1) is 0 Å². The van der Waals surface area contributed by atoms with Gasteiger partial charge in [-0.05, 0) is 44.4 Å². The average molecular weight is 289 g/mol. The van der Waals surface area contributed by atoms with Crippen molar-refractivity contribution in [2.45, 2.75) is 25.7 Å². The summed E-state index contributed by atoms with van der Waals surface area (Å²) in [7, 11) is 1.42. The predicted molar refractivity (Wildman–Crippen MR) is 81.6 cm³/mol. The number of nitrogens with one attached hydrogen (secondary N) is 1. The van der Waals surface area contributed by atoms with Crippen LogP contribution in [0.25, 0.3) is 0 Å². The van der Waals surface area contributed by atoms with E-state index in [0.29, 0.717) is 11.0 Å². The zero-order chi connectivity index (χ0) is 14.7. The zero-order valence-electron chi connectivity index (χ0n) is 12.6. The van der Waals surface area contributed by atoms with Crippen molar-refractivity contribution in [3.8, 4) is 0 Å². The van der Waals surface area contributed by atoms with E-state index in [2.05, 4.69) is 15.2 Å². The molecule has 1 aromatic heterocycles. The van der Waals surface area contributed by atoms with Gasteiger partial charge in [-0.25, -0.2) is 9.78 Å². The van der Waals surface area contributed by atoms with E-state index < -0.39 is 0 Å². The van der Waals surface area contributed by atoms with E-state index in [0.717, 1.165) is 38.4 Å². The molecule has 0 aromatic carbocycles. The molecule has 5 heteroatoms. The standard InChI is InChI=1S/C16H23N3O2/c1-21-15(20)13-5-2-9-18-14(13)19-10-4-7-16(12-19)6-3-8-17-11-16/h2,5,9,17H,3-4,6-8,10-12H2,1H3. The monoisotopic (exact) mass is 289 g/mol. The minimum absolute atomic E-state index is 0.306. The van der Waals surface area contributed by atoms with E-state index in [-0.39, 0.29) is 5.97 Å². The number of hydrogen-bond donors (Lipinski definition) is 1. The molecule has 114 valence electrons. The van der Waals surface area contributed by atoms with E-state index in [1.54, 1.807) is 18.3 Å². The van der Waals surface area contributed by atoms with Crippen LogP contribution in [-0.2, 0) is 4.74 Å². The lowest BCUT2D eigenvalue weighted by Gasteiger charge is -2.46. The second-order valence-corrected chi connectivity index (χ2v) is 6.17. The molecule has 1 N–H and O–H groups in total. The number of carbonyl (C=O) groups is 1. The van der Waals surface area contributed by atoms with Crippen LogP contribution in [0.15, 0.2) is 18.3 Å². The van der Waals surface area contributed by atoms with Crippen LogP contribution in [0.3, 0.4) is 0 Å². The minimum atomic E-state index is -0.306. The number of anilines is 1. The van der Waals surface area contributed by atoms with Crippen molar-refractivity contribution >= 4 is 11.8 Å². The largest absolute Gasteiger partial charge is 0.465 e. The van der Waals surface area contributed by atoms with E-state index >= 15 is 0 Å². The fraction of sp³-hybridized carbons (Fsp3) is 0.625. The molecule has 0 saturated carbocycles. The lowest BCUT2D eigenvalue weighted by molar-refractivity contribution is 0.0600. The van der Waals surface area contributed by atoms with Gasteiger partial charge in [0.2, 0.25) is 0 Å². The maximum atomic E-state index is 11.9. The maximum Gasteiger partial charge on any atom is 0.341 e. The zero-order valence-corrected chi connectivity index (χ0v) is 12.6. The van der Waals surface area contributed by atoms with Gasteiger partial charge >= 0.3 is 5.97 Å². The number of piperidine rings is 2. The van der Waals surface area contributed by atoms with Crippen LogP contribution in [0.1, 0.15) is 36.0 Å². The molecule has 1 unspecified atom stereocenters. The van der Waals surface area contributed by atoms with Gasteiger partial charge < -0.3 is 15.0 Å². The van der Waals surface area contributed by atoms with Crippen LogP contribution < -0.4 is 10.2 Å². The van der Waals surface area contributed by atoms with Gasteiger partial charge in [0.25, 0.3) is 0 Å². The highest BCUT2D eigenvalue weighted by molar-refractivity contribution is 5.94. The first-order chi connectivity index (χ1) is 10.2. The van der Waals surface area contributed by atoms with Crippen LogP contribution in [0.5, 0.6) is 0 Å². The minimum Gasteiger partial charge on any atom is -0.465 e. The maximum absolute atomic E-state index is 11.9. The summed E-state index contributed by atoms with van der Waals surface area (Å²) >= 11 is 0. The van der Waals surface area contributed by atoms with Crippen LogP contribution in [0.4, 0.5) is 5.82 Å². The molecule has 2 saturated heterocycles. The van der Waals surface area contributed by atoms with Crippen LogP contribution >= 0.6 is 0 Å². The van der Waals surface area contributed by atoms with Crippen molar-refractivity contribution in [2.75, 3.05) is 38.2 Å². The van der Waals surface area contributed by atoms with Crippen LogP contribution in [0.2, 0.25) is 0 Å². The molecule has 2 aliphatic heterocycles. The van der Waals surface area contributed by atoms with Gasteiger partial charge in [0.1, 0.15) is 11.4 Å². The normalized spacial score (nSPS) is 25.9. The number of rotatable bonds is 2. The number of hydrogen-bond acceptors (Lipinski definition) is 5. The molecule has 0 radical (unpaired) electrons. The molecule has 1 spiro atoms. The number of aromatic nitrogens is 1. The Balaban J connectivity index is 1.85. The highest BCUT2D eigenvalue weighted by Gasteiger charge is 2.37. The van der Waals surface area contributed by atoms with Crippen molar-refractivity contribution < 1.29 is 9.53 Å². The first-order valence-electron chi connectivity index (χ1n) is 7.73. The number of methoxy groups -OCH3 is 1. The summed E-state index contributed by atoms with van der Waals surface area (Å²) in [5.74, 6) is 0.466. The molecular weight excluding hydrogens is 266 g/mol. The van der Waals surface area contributed by atoms with Gasteiger partial charge in [0.15, 0.2) is 0 Å². The second-order valence-electron chi connectivity index (χ2n) is 6.17. The summed E-state index contributed by atoms with van der Waals surface area (Å²) in [6.45, 7) is 4.13. The SMILES string of the molecule is COC(=O)c1cccnc1N1CCCC2(CCCNC2)C1. The number of esters is 1. The number of ether oxygens (including phenoxy) is 1. The van der Waals surface area contributed by atoms with Crippen LogP contribution in [0, 0.1) is 5.41 Å².